The molecule has 116 valence electrons. The summed E-state index contributed by atoms with van der Waals surface area (Å²) in [5.41, 5.74) is 8.52. The van der Waals surface area contributed by atoms with E-state index in [0.29, 0.717) is 18.0 Å². The van der Waals surface area contributed by atoms with E-state index in [1.165, 1.54) is 0 Å². The van der Waals surface area contributed by atoms with Gasteiger partial charge in [-0.2, -0.15) is 0 Å². The van der Waals surface area contributed by atoms with E-state index in [4.69, 9.17) is 19.9 Å². The lowest BCUT2D eigenvalue weighted by Crippen LogP contribution is -1.93. The molecule has 0 bridgehead atoms. The van der Waals surface area contributed by atoms with Crippen LogP contribution in [0, 0.1) is 0 Å². The molecule has 0 aromatic heterocycles. The first-order chi connectivity index (χ1) is 10.7. The Hall–Kier alpha value is -2.62. The third kappa shape index (κ3) is 3.95. The fourth-order valence-corrected chi connectivity index (χ4v) is 2.11. The van der Waals surface area contributed by atoms with Crippen molar-refractivity contribution in [3.8, 4) is 17.2 Å². The molecule has 2 aromatic rings. The quantitative estimate of drug-likeness (QED) is 0.650. The maximum Gasteiger partial charge on any atom is 0.141 e. The first-order valence-corrected chi connectivity index (χ1v) is 7.09. The summed E-state index contributed by atoms with van der Waals surface area (Å²) in [4.78, 5) is 0. The van der Waals surface area contributed by atoms with Gasteiger partial charge in [-0.25, -0.2) is 0 Å². The Morgan fingerprint density at radius 3 is 2.27 bits per heavy atom. The lowest BCUT2D eigenvalue weighted by atomic mass is 10.1. The summed E-state index contributed by atoms with van der Waals surface area (Å²) in [5.74, 6) is 2.23. The van der Waals surface area contributed by atoms with Crippen molar-refractivity contribution in [3.05, 3.63) is 47.5 Å². The van der Waals surface area contributed by atoms with Crippen LogP contribution in [0.15, 0.2) is 36.4 Å². The predicted octanol–water partition coefficient (Wildman–Crippen LogP) is 3.86. The van der Waals surface area contributed by atoms with Crippen LogP contribution in [0.3, 0.4) is 0 Å². The predicted molar refractivity (Wildman–Crippen MR) is 90.5 cm³/mol. The molecule has 0 atom stereocenters. The first kappa shape index (κ1) is 15.8. The molecule has 0 unspecified atom stereocenters. The molecule has 4 heteroatoms. The third-order valence-electron chi connectivity index (χ3n) is 3.17. The largest absolute Gasteiger partial charge is 0.497 e. The van der Waals surface area contributed by atoms with Crippen LogP contribution in [0.2, 0.25) is 0 Å². The highest BCUT2D eigenvalue weighted by molar-refractivity contribution is 5.73. The van der Waals surface area contributed by atoms with Crippen LogP contribution >= 0.6 is 0 Å². The summed E-state index contributed by atoms with van der Waals surface area (Å²) < 4.78 is 16.0. The van der Waals surface area contributed by atoms with Gasteiger partial charge in [0.1, 0.15) is 17.2 Å². The van der Waals surface area contributed by atoms with Crippen LogP contribution in [-0.2, 0) is 0 Å². The molecule has 2 aromatic carbocycles. The SMILES string of the molecule is CCOc1cc(/C=C\c2ccc(OC)c(N)c2)cc(OC)c1. The second-order valence-electron chi connectivity index (χ2n) is 4.71. The van der Waals surface area contributed by atoms with Crippen LogP contribution in [-0.4, -0.2) is 20.8 Å². The van der Waals surface area contributed by atoms with Gasteiger partial charge < -0.3 is 19.9 Å². The van der Waals surface area contributed by atoms with Crippen LogP contribution in [0.5, 0.6) is 17.2 Å². The van der Waals surface area contributed by atoms with E-state index in [1.54, 1.807) is 14.2 Å². The van der Waals surface area contributed by atoms with Gasteiger partial charge >= 0.3 is 0 Å². The zero-order valence-electron chi connectivity index (χ0n) is 13.1. The van der Waals surface area contributed by atoms with Crippen molar-refractivity contribution >= 4 is 17.8 Å². The number of nitrogen functional groups attached to an aromatic ring is 1. The van der Waals surface area contributed by atoms with Crippen molar-refractivity contribution in [2.24, 2.45) is 0 Å². The summed E-state index contributed by atoms with van der Waals surface area (Å²) in [6.45, 7) is 2.57. The van der Waals surface area contributed by atoms with Gasteiger partial charge in [0.25, 0.3) is 0 Å². The molecule has 4 nitrogen and oxygen atoms in total. The van der Waals surface area contributed by atoms with Crippen molar-refractivity contribution in [3.63, 3.8) is 0 Å². The number of rotatable bonds is 6. The van der Waals surface area contributed by atoms with Gasteiger partial charge in [0.15, 0.2) is 0 Å². The van der Waals surface area contributed by atoms with E-state index < -0.39 is 0 Å². The van der Waals surface area contributed by atoms with Crippen LogP contribution < -0.4 is 19.9 Å². The van der Waals surface area contributed by atoms with Gasteiger partial charge in [0.05, 0.1) is 26.5 Å². The Kier molecular flexibility index (Phi) is 5.31. The molecule has 0 saturated carbocycles. The van der Waals surface area contributed by atoms with Crippen molar-refractivity contribution in [2.45, 2.75) is 6.92 Å². The Morgan fingerprint density at radius 1 is 0.909 bits per heavy atom. The highest BCUT2D eigenvalue weighted by Crippen LogP contribution is 2.26. The minimum atomic E-state index is 0.616. The highest BCUT2D eigenvalue weighted by atomic mass is 16.5. The zero-order chi connectivity index (χ0) is 15.9. The summed E-state index contributed by atoms with van der Waals surface area (Å²) >= 11 is 0. The molecule has 0 radical (unpaired) electrons. The normalized spacial score (nSPS) is 10.7. The number of ether oxygens (including phenoxy) is 3. The van der Waals surface area contributed by atoms with E-state index in [2.05, 4.69) is 0 Å². The van der Waals surface area contributed by atoms with Gasteiger partial charge in [-0.15, -0.1) is 0 Å². The van der Waals surface area contributed by atoms with Crippen LogP contribution in [0.1, 0.15) is 18.1 Å². The van der Waals surface area contributed by atoms with E-state index in [0.717, 1.165) is 22.6 Å². The van der Waals surface area contributed by atoms with Gasteiger partial charge in [-0.3, -0.25) is 0 Å². The number of methoxy groups -OCH3 is 2. The molecule has 0 saturated heterocycles. The fourth-order valence-electron chi connectivity index (χ4n) is 2.11. The molecule has 0 aliphatic heterocycles. The molecule has 0 amide bonds. The van der Waals surface area contributed by atoms with Crippen LogP contribution in [0.25, 0.3) is 12.2 Å². The Morgan fingerprint density at radius 2 is 1.64 bits per heavy atom. The van der Waals surface area contributed by atoms with Gasteiger partial charge in [-0.1, -0.05) is 18.2 Å². The van der Waals surface area contributed by atoms with Gasteiger partial charge in [0.2, 0.25) is 0 Å². The molecule has 0 aliphatic carbocycles. The van der Waals surface area contributed by atoms with E-state index in [9.17, 15) is 0 Å². The van der Waals surface area contributed by atoms with Crippen molar-refractivity contribution in [1.82, 2.24) is 0 Å². The van der Waals surface area contributed by atoms with Crippen molar-refractivity contribution in [1.29, 1.82) is 0 Å². The average Bonchev–Trinajstić information content (AvgIpc) is 2.53. The summed E-state index contributed by atoms with van der Waals surface area (Å²) in [6.07, 6.45) is 3.98. The minimum absolute atomic E-state index is 0.616. The maximum absolute atomic E-state index is 5.91. The molecule has 0 aliphatic rings. The second-order valence-corrected chi connectivity index (χ2v) is 4.71. The minimum Gasteiger partial charge on any atom is -0.497 e. The molecule has 22 heavy (non-hydrogen) atoms. The Bertz CT molecular complexity index is 665. The lowest BCUT2D eigenvalue weighted by molar-refractivity contribution is 0.336. The molecule has 0 fully saturated rings. The monoisotopic (exact) mass is 299 g/mol. The average molecular weight is 299 g/mol. The van der Waals surface area contributed by atoms with E-state index in [1.807, 2.05) is 55.5 Å². The molecular weight excluding hydrogens is 278 g/mol. The Labute approximate surface area is 131 Å². The molecule has 0 heterocycles. The van der Waals surface area contributed by atoms with E-state index in [-0.39, 0.29) is 0 Å². The molecular formula is C18H21NO3. The summed E-state index contributed by atoms with van der Waals surface area (Å²) in [6, 6.07) is 11.5. The van der Waals surface area contributed by atoms with Crippen molar-refractivity contribution in [2.75, 3.05) is 26.6 Å². The first-order valence-electron chi connectivity index (χ1n) is 7.09. The number of hydrogen-bond donors (Lipinski definition) is 1. The number of anilines is 1. The molecule has 2 rings (SSSR count). The van der Waals surface area contributed by atoms with Crippen LogP contribution in [0.4, 0.5) is 5.69 Å². The second kappa shape index (κ2) is 7.41. The Balaban J connectivity index is 2.25. The summed E-state index contributed by atoms with van der Waals surface area (Å²) in [5, 5.41) is 0. The lowest BCUT2D eigenvalue weighted by Gasteiger charge is -2.08. The highest BCUT2D eigenvalue weighted by Gasteiger charge is 2.01. The molecule has 2 N–H and O–H groups in total. The summed E-state index contributed by atoms with van der Waals surface area (Å²) in [7, 11) is 3.25. The zero-order valence-corrected chi connectivity index (χ0v) is 13.1. The van der Waals surface area contributed by atoms with Gasteiger partial charge in [0, 0.05) is 6.07 Å². The smallest absolute Gasteiger partial charge is 0.141 e. The van der Waals surface area contributed by atoms with Crippen molar-refractivity contribution < 1.29 is 14.2 Å². The van der Waals surface area contributed by atoms with Gasteiger partial charge in [-0.05, 0) is 42.3 Å². The molecule has 0 spiro atoms. The number of nitrogens with two attached hydrogens (primary N) is 1. The third-order valence-corrected chi connectivity index (χ3v) is 3.17. The number of hydrogen-bond acceptors (Lipinski definition) is 4. The standard InChI is InChI=1S/C18H21NO3/c1-4-22-16-10-14(9-15(12-16)20-2)6-5-13-7-8-18(21-3)17(19)11-13/h5-12H,4,19H2,1-3H3/b6-5-. The number of benzene rings is 2. The van der Waals surface area contributed by atoms with E-state index >= 15 is 0 Å². The maximum atomic E-state index is 5.91. The topological polar surface area (TPSA) is 53.7 Å². The fraction of sp³-hybridized carbons (Fsp3) is 0.222.